The zero-order chi connectivity index (χ0) is 14.4. The third kappa shape index (κ3) is 3.69. The van der Waals surface area contributed by atoms with Gasteiger partial charge >= 0.3 is 0 Å². The molecule has 2 aromatic rings. The van der Waals surface area contributed by atoms with Crippen LogP contribution in [0.2, 0.25) is 0 Å². The van der Waals surface area contributed by atoms with Crippen LogP contribution < -0.4 is 5.32 Å². The van der Waals surface area contributed by atoms with Crippen molar-refractivity contribution < 1.29 is 4.79 Å². The monoisotopic (exact) mass is 268 g/mol. The van der Waals surface area contributed by atoms with Crippen LogP contribution in [0.4, 0.5) is 0 Å². The van der Waals surface area contributed by atoms with Crippen LogP contribution in [0, 0.1) is 17.2 Å². The zero-order valence-electron chi connectivity index (χ0n) is 11.3. The van der Waals surface area contributed by atoms with E-state index in [-0.39, 0.29) is 5.91 Å². The van der Waals surface area contributed by atoms with Crippen molar-refractivity contribution in [3.05, 3.63) is 53.9 Å². The van der Waals surface area contributed by atoms with Gasteiger partial charge in [-0.1, -0.05) is 30.3 Å². The fraction of sp³-hybridized carbons (Fsp3) is 0.267. The van der Waals surface area contributed by atoms with Gasteiger partial charge in [-0.25, -0.2) is 0 Å². The summed E-state index contributed by atoms with van der Waals surface area (Å²) < 4.78 is 1.67. The topological polar surface area (TPSA) is 70.7 Å². The molecular formula is C15H16N4O. The normalized spacial score (nSPS) is 11.6. The summed E-state index contributed by atoms with van der Waals surface area (Å²) in [5.74, 6) is -0.942. The van der Waals surface area contributed by atoms with E-state index in [4.69, 9.17) is 5.26 Å². The van der Waals surface area contributed by atoms with Crippen molar-refractivity contribution in [2.75, 3.05) is 0 Å². The maximum absolute atomic E-state index is 12.0. The average Bonchev–Trinajstić information content (AvgIpc) is 2.89. The van der Waals surface area contributed by atoms with E-state index in [1.54, 1.807) is 4.68 Å². The molecule has 0 saturated heterocycles. The van der Waals surface area contributed by atoms with Crippen LogP contribution in [-0.4, -0.2) is 15.7 Å². The largest absolute Gasteiger partial charge is 0.349 e. The van der Waals surface area contributed by atoms with Gasteiger partial charge in [0.05, 0.1) is 18.3 Å². The quantitative estimate of drug-likeness (QED) is 0.891. The van der Waals surface area contributed by atoms with E-state index in [0.29, 0.717) is 13.0 Å². The Hall–Kier alpha value is -2.61. The van der Waals surface area contributed by atoms with Crippen molar-refractivity contribution in [2.45, 2.75) is 13.0 Å². The van der Waals surface area contributed by atoms with E-state index < -0.39 is 5.92 Å². The molecular weight excluding hydrogens is 252 g/mol. The van der Waals surface area contributed by atoms with Crippen molar-refractivity contribution in [1.29, 1.82) is 5.26 Å². The van der Waals surface area contributed by atoms with Crippen LogP contribution in [0.1, 0.15) is 11.3 Å². The molecule has 1 atom stereocenters. The summed E-state index contributed by atoms with van der Waals surface area (Å²) in [7, 11) is 1.82. The molecule has 20 heavy (non-hydrogen) atoms. The van der Waals surface area contributed by atoms with Gasteiger partial charge in [-0.15, -0.1) is 0 Å². The third-order valence-corrected chi connectivity index (χ3v) is 2.97. The molecule has 1 aromatic carbocycles. The Kier molecular flexibility index (Phi) is 4.51. The molecule has 1 aromatic heterocycles. The minimum atomic E-state index is -0.680. The van der Waals surface area contributed by atoms with Crippen molar-refractivity contribution in [3.8, 4) is 6.07 Å². The van der Waals surface area contributed by atoms with E-state index in [0.717, 1.165) is 11.3 Å². The number of hydrogen-bond acceptors (Lipinski definition) is 3. The third-order valence-electron chi connectivity index (χ3n) is 2.97. The van der Waals surface area contributed by atoms with Gasteiger partial charge in [0.25, 0.3) is 0 Å². The Morgan fingerprint density at radius 1 is 1.40 bits per heavy atom. The summed E-state index contributed by atoms with van der Waals surface area (Å²) in [5, 5.41) is 16.0. The first-order valence-electron chi connectivity index (χ1n) is 6.39. The highest BCUT2D eigenvalue weighted by Crippen LogP contribution is 2.08. The molecule has 0 aliphatic rings. The first-order valence-corrected chi connectivity index (χ1v) is 6.39. The number of amides is 1. The Balaban J connectivity index is 1.91. The van der Waals surface area contributed by atoms with Crippen LogP contribution >= 0.6 is 0 Å². The number of aromatic nitrogens is 2. The van der Waals surface area contributed by atoms with Gasteiger partial charge in [0.2, 0.25) is 5.91 Å². The smallest absolute Gasteiger partial charge is 0.238 e. The Morgan fingerprint density at radius 3 is 2.75 bits per heavy atom. The molecule has 0 fully saturated rings. The van der Waals surface area contributed by atoms with Gasteiger partial charge in [-0.05, 0) is 18.1 Å². The van der Waals surface area contributed by atoms with Gasteiger partial charge in [0.15, 0.2) is 0 Å². The standard InChI is InChI=1S/C15H16N4O/c1-19-8-7-14(18-19)11-17-15(20)13(10-16)9-12-5-3-2-4-6-12/h2-8,13H,9,11H2,1H3,(H,17,20). The number of carbonyl (C=O) groups is 1. The molecule has 0 spiro atoms. The summed E-state index contributed by atoms with van der Waals surface area (Å²) in [6, 6.07) is 13.4. The second kappa shape index (κ2) is 6.53. The van der Waals surface area contributed by atoms with Crippen LogP contribution in [0.5, 0.6) is 0 Å². The number of hydrogen-bond donors (Lipinski definition) is 1. The highest BCUT2D eigenvalue weighted by molar-refractivity contribution is 5.81. The van der Waals surface area contributed by atoms with Crippen LogP contribution in [0.25, 0.3) is 0 Å². The molecule has 1 amide bonds. The summed E-state index contributed by atoms with van der Waals surface area (Å²) in [4.78, 5) is 12.0. The maximum atomic E-state index is 12.0. The predicted octanol–water partition coefficient (Wildman–Crippen LogP) is 1.42. The molecule has 0 saturated carbocycles. The Morgan fingerprint density at radius 2 is 2.15 bits per heavy atom. The number of aryl methyl sites for hydroxylation is 1. The van der Waals surface area contributed by atoms with Crippen molar-refractivity contribution >= 4 is 5.91 Å². The molecule has 5 heteroatoms. The van der Waals surface area contributed by atoms with Gasteiger partial charge in [0, 0.05) is 13.2 Å². The molecule has 1 N–H and O–H groups in total. The van der Waals surface area contributed by atoms with Crippen molar-refractivity contribution in [2.24, 2.45) is 13.0 Å². The van der Waals surface area contributed by atoms with Gasteiger partial charge < -0.3 is 5.32 Å². The lowest BCUT2D eigenvalue weighted by atomic mass is 10.00. The number of nitrogens with zero attached hydrogens (tertiary/aromatic N) is 3. The first kappa shape index (κ1) is 13.8. The molecule has 0 aliphatic carbocycles. The van der Waals surface area contributed by atoms with Crippen molar-refractivity contribution in [3.63, 3.8) is 0 Å². The maximum Gasteiger partial charge on any atom is 0.238 e. The van der Waals surface area contributed by atoms with Crippen LogP contribution in [0.15, 0.2) is 42.6 Å². The fourth-order valence-electron chi connectivity index (χ4n) is 1.91. The highest BCUT2D eigenvalue weighted by Gasteiger charge is 2.18. The van der Waals surface area contributed by atoms with E-state index in [1.165, 1.54) is 0 Å². The number of nitrogens with one attached hydrogen (secondary N) is 1. The minimum Gasteiger partial charge on any atom is -0.349 e. The van der Waals surface area contributed by atoms with E-state index in [9.17, 15) is 4.79 Å². The Labute approximate surface area is 117 Å². The molecule has 0 aliphatic heterocycles. The summed E-state index contributed by atoms with van der Waals surface area (Å²) in [6.07, 6.45) is 2.23. The second-order valence-electron chi connectivity index (χ2n) is 4.57. The zero-order valence-corrected chi connectivity index (χ0v) is 11.3. The lowest BCUT2D eigenvalue weighted by Gasteiger charge is -2.09. The van der Waals surface area contributed by atoms with E-state index >= 15 is 0 Å². The van der Waals surface area contributed by atoms with Gasteiger partial charge in [0.1, 0.15) is 5.92 Å². The highest BCUT2D eigenvalue weighted by atomic mass is 16.1. The van der Waals surface area contributed by atoms with E-state index in [1.807, 2.05) is 49.6 Å². The summed E-state index contributed by atoms with van der Waals surface area (Å²) in [5.41, 5.74) is 1.75. The molecule has 2 rings (SSSR count). The SMILES string of the molecule is Cn1ccc(CNC(=O)C(C#N)Cc2ccccc2)n1. The molecule has 0 bridgehead atoms. The van der Waals surface area contributed by atoms with Gasteiger partial charge in [-0.2, -0.15) is 10.4 Å². The average molecular weight is 268 g/mol. The van der Waals surface area contributed by atoms with E-state index in [2.05, 4.69) is 16.5 Å². The minimum absolute atomic E-state index is 0.262. The van der Waals surface area contributed by atoms with Crippen molar-refractivity contribution in [1.82, 2.24) is 15.1 Å². The number of rotatable bonds is 5. The number of carbonyl (C=O) groups excluding carboxylic acids is 1. The lowest BCUT2D eigenvalue weighted by Crippen LogP contribution is -2.30. The molecule has 5 nitrogen and oxygen atoms in total. The second-order valence-corrected chi connectivity index (χ2v) is 4.57. The molecule has 1 heterocycles. The lowest BCUT2D eigenvalue weighted by molar-refractivity contribution is -0.123. The molecule has 1 unspecified atom stereocenters. The number of benzene rings is 1. The Bertz CT molecular complexity index is 612. The predicted molar refractivity (Wildman–Crippen MR) is 74.3 cm³/mol. The summed E-state index contributed by atoms with van der Waals surface area (Å²) in [6.45, 7) is 0.340. The first-order chi connectivity index (χ1) is 9.69. The molecule has 102 valence electrons. The van der Waals surface area contributed by atoms with Gasteiger partial charge in [-0.3, -0.25) is 9.48 Å². The molecule has 0 radical (unpaired) electrons. The fourth-order valence-corrected chi connectivity index (χ4v) is 1.91. The van der Waals surface area contributed by atoms with Crippen LogP contribution in [-0.2, 0) is 24.8 Å². The number of nitriles is 1. The summed E-state index contributed by atoms with van der Waals surface area (Å²) >= 11 is 0. The van der Waals surface area contributed by atoms with Crippen LogP contribution in [0.3, 0.4) is 0 Å².